The van der Waals surface area contributed by atoms with Crippen molar-refractivity contribution in [2.75, 3.05) is 19.7 Å². The van der Waals surface area contributed by atoms with E-state index in [2.05, 4.69) is 10.6 Å². The first-order chi connectivity index (χ1) is 12.0. The Hall–Kier alpha value is -2.31. The molecule has 0 aliphatic carbocycles. The van der Waals surface area contributed by atoms with E-state index in [4.69, 9.17) is 27.9 Å². The van der Waals surface area contributed by atoms with Gasteiger partial charge in [-0.3, -0.25) is 9.59 Å². The van der Waals surface area contributed by atoms with Crippen LogP contribution in [0.1, 0.15) is 10.4 Å². The van der Waals surface area contributed by atoms with Crippen LogP contribution in [0.25, 0.3) is 0 Å². The number of rotatable bonds is 7. The van der Waals surface area contributed by atoms with Crippen molar-refractivity contribution >= 4 is 35.0 Å². The van der Waals surface area contributed by atoms with Crippen LogP contribution in [0.3, 0.4) is 0 Å². The lowest BCUT2D eigenvalue weighted by molar-refractivity contribution is -0.123. The Labute approximate surface area is 154 Å². The van der Waals surface area contributed by atoms with Crippen LogP contribution in [0.2, 0.25) is 10.0 Å². The zero-order valence-electron chi connectivity index (χ0n) is 13.0. The molecular weight excluding hydrogens is 370 g/mol. The lowest BCUT2D eigenvalue weighted by Crippen LogP contribution is -2.37. The van der Waals surface area contributed by atoms with Gasteiger partial charge in [-0.05, 0) is 36.4 Å². The average Bonchev–Trinajstić information content (AvgIpc) is 2.58. The Morgan fingerprint density at radius 2 is 1.68 bits per heavy atom. The molecule has 0 unspecified atom stereocenters. The molecule has 0 atom stereocenters. The van der Waals surface area contributed by atoms with Gasteiger partial charge < -0.3 is 15.4 Å². The van der Waals surface area contributed by atoms with Gasteiger partial charge in [-0.15, -0.1) is 0 Å². The van der Waals surface area contributed by atoms with Gasteiger partial charge in [0.1, 0.15) is 11.6 Å². The molecule has 0 aliphatic rings. The molecular formula is C17H15Cl2FN2O3. The molecule has 0 aliphatic heterocycles. The molecule has 0 saturated carbocycles. The fourth-order valence-electron chi connectivity index (χ4n) is 1.91. The van der Waals surface area contributed by atoms with Crippen molar-refractivity contribution in [1.29, 1.82) is 0 Å². The number of benzene rings is 2. The predicted molar refractivity (Wildman–Crippen MR) is 93.7 cm³/mol. The molecule has 0 radical (unpaired) electrons. The molecule has 2 aromatic carbocycles. The molecule has 2 rings (SSSR count). The van der Waals surface area contributed by atoms with Gasteiger partial charge in [-0.2, -0.15) is 0 Å². The Morgan fingerprint density at radius 3 is 2.36 bits per heavy atom. The maximum absolute atomic E-state index is 13.6. The van der Waals surface area contributed by atoms with Gasteiger partial charge in [0.25, 0.3) is 11.8 Å². The average molecular weight is 385 g/mol. The number of halogens is 3. The second-order valence-corrected chi connectivity index (χ2v) is 5.79. The number of nitrogens with one attached hydrogen (secondary N) is 2. The number of hydrogen-bond acceptors (Lipinski definition) is 3. The van der Waals surface area contributed by atoms with Crippen LogP contribution < -0.4 is 15.4 Å². The summed E-state index contributed by atoms with van der Waals surface area (Å²) in [5.74, 6) is -1.18. The lowest BCUT2D eigenvalue weighted by Gasteiger charge is -2.09. The van der Waals surface area contributed by atoms with Crippen molar-refractivity contribution in [3.8, 4) is 5.75 Å². The SMILES string of the molecule is O=C(COc1ccc(Cl)cc1)NCCNC(=O)c1c(F)cccc1Cl. The summed E-state index contributed by atoms with van der Waals surface area (Å²) < 4.78 is 18.9. The summed E-state index contributed by atoms with van der Waals surface area (Å²) in [4.78, 5) is 23.5. The zero-order valence-corrected chi connectivity index (χ0v) is 14.5. The molecule has 2 N–H and O–H groups in total. The number of carbonyl (C=O) groups is 2. The van der Waals surface area contributed by atoms with Gasteiger partial charge in [0, 0.05) is 18.1 Å². The minimum Gasteiger partial charge on any atom is -0.484 e. The summed E-state index contributed by atoms with van der Waals surface area (Å²) in [5, 5.41) is 5.65. The highest BCUT2D eigenvalue weighted by molar-refractivity contribution is 6.33. The molecule has 0 heterocycles. The maximum Gasteiger partial charge on any atom is 0.258 e. The summed E-state index contributed by atoms with van der Waals surface area (Å²) in [5.41, 5.74) is -0.221. The van der Waals surface area contributed by atoms with Crippen LogP contribution in [0.5, 0.6) is 5.75 Å². The van der Waals surface area contributed by atoms with Crippen molar-refractivity contribution in [3.63, 3.8) is 0 Å². The van der Waals surface area contributed by atoms with Crippen LogP contribution >= 0.6 is 23.2 Å². The minimum absolute atomic E-state index is 0.0258. The Balaban J connectivity index is 1.69. The van der Waals surface area contributed by atoms with E-state index in [1.807, 2.05) is 0 Å². The highest BCUT2D eigenvalue weighted by atomic mass is 35.5. The third-order valence-electron chi connectivity index (χ3n) is 3.11. The highest BCUT2D eigenvalue weighted by Crippen LogP contribution is 2.18. The second kappa shape index (κ2) is 9.25. The largest absolute Gasteiger partial charge is 0.484 e. The summed E-state index contributed by atoms with van der Waals surface area (Å²) in [6.07, 6.45) is 0. The van der Waals surface area contributed by atoms with E-state index in [9.17, 15) is 14.0 Å². The van der Waals surface area contributed by atoms with Gasteiger partial charge in [0.15, 0.2) is 6.61 Å². The normalized spacial score (nSPS) is 10.2. The molecule has 2 aromatic rings. The lowest BCUT2D eigenvalue weighted by atomic mass is 10.2. The van der Waals surface area contributed by atoms with Crippen molar-refractivity contribution in [1.82, 2.24) is 10.6 Å². The number of amides is 2. The van der Waals surface area contributed by atoms with E-state index >= 15 is 0 Å². The Morgan fingerprint density at radius 1 is 1.00 bits per heavy atom. The fourth-order valence-corrected chi connectivity index (χ4v) is 2.29. The summed E-state index contributed by atoms with van der Waals surface area (Å²) in [7, 11) is 0. The third kappa shape index (κ3) is 5.92. The Kier molecular flexibility index (Phi) is 7.03. The van der Waals surface area contributed by atoms with Crippen molar-refractivity contribution in [2.24, 2.45) is 0 Å². The van der Waals surface area contributed by atoms with Gasteiger partial charge in [0.05, 0.1) is 10.6 Å². The van der Waals surface area contributed by atoms with E-state index in [1.54, 1.807) is 24.3 Å². The van der Waals surface area contributed by atoms with Crippen LogP contribution in [0.4, 0.5) is 4.39 Å². The van der Waals surface area contributed by atoms with Crippen LogP contribution in [0, 0.1) is 5.82 Å². The van der Waals surface area contributed by atoms with Crippen LogP contribution in [-0.2, 0) is 4.79 Å². The topological polar surface area (TPSA) is 67.4 Å². The molecule has 25 heavy (non-hydrogen) atoms. The number of ether oxygens (including phenoxy) is 1. The molecule has 2 amide bonds. The second-order valence-electron chi connectivity index (χ2n) is 4.95. The molecule has 0 saturated heterocycles. The molecule has 132 valence electrons. The fraction of sp³-hybridized carbons (Fsp3) is 0.176. The monoisotopic (exact) mass is 384 g/mol. The first-order valence-electron chi connectivity index (χ1n) is 7.34. The molecule has 0 bridgehead atoms. The molecule has 0 spiro atoms. The van der Waals surface area contributed by atoms with Crippen molar-refractivity contribution < 1.29 is 18.7 Å². The molecule has 5 nitrogen and oxygen atoms in total. The molecule has 0 fully saturated rings. The smallest absolute Gasteiger partial charge is 0.258 e. The van der Waals surface area contributed by atoms with Gasteiger partial charge >= 0.3 is 0 Å². The van der Waals surface area contributed by atoms with Gasteiger partial charge in [-0.1, -0.05) is 29.3 Å². The van der Waals surface area contributed by atoms with Crippen LogP contribution in [0.15, 0.2) is 42.5 Å². The van der Waals surface area contributed by atoms with E-state index in [-0.39, 0.29) is 36.2 Å². The van der Waals surface area contributed by atoms with E-state index in [1.165, 1.54) is 12.1 Å². The van der Waals surface area contributed by atoms with Crippen LogP contribution in [-0.4, -0.2) is 31.5 Å². The van der Waals surface area contributed by atoms with E-state index in [0.717, 1.165) is 6.07 Å². The highest BCUT2D eigenvalue weighted by Gasteiger charge is 2.15. The van der Waals surface area contributed by atoms with Crippen molar-refractivity contribution in [2.45, 2.75) is 0 Å². The first-order valence-corrected chi connectivity index (χ1v) is 8.10. The first kappa shape index (κ1) is 19.0. The van der Waals surface area contributed by atoms with Gasteiger partial charge in [-0.25, -0.2) is 4.39 Å². The van der Waals surface area contributed by atoms with Gasteiger partial charge in [0.2, 0.25) is 0 Å². The third-order valence-corrected chi connectivity index (χ3v) is 3.67. The van der Waals surface area contributed by atoms with Crippen molar-refractivity contribution in [3.05, 3.63) is 63.9 Å². The standard InChI is InChI=1S/C17H15Cl2FN2O3/c18-11-4-6-12(7-5-11)25-10-15(23)21-8-9-22-17(24)16-13(19)2-1-3-14(16)20/h1-7H,8-10H2,(H,21,23)(H,22,24). The Bertz CT molecular complexity index is 734. The van der Waals surface area contributed by atoms with E-state index < -0.39 is 11.7 Å². The number of hydrogen-bond donors (Lipinski definition) is 2. The summed E-state index contributed by atoms with van der Waals surface area (Å²) >= 11 is 11.5. The minimum atomic E-state index is -0.703. The summed E-state index contributed by atoms with van der Waals surface area (Å²) in [6.45, 7) is 0.117. The maximum atomic E-state index is 13.6. The zero-order chi connectivity index (χ0) is 18.2. The number of carbonyl (C=O) groups excluding carboxylic acids is 2. The predicted octanol–water partition coefficient (Wildman–Crippen LogP) is 3.06. The molecule has 0 aromatic heterocycles. The molecule has 8 heteroatoms. The quantitative estimate of drug-likeness (QED) is 0.720. The summed E-state index contributed by atoms with van der Waals surface area (Å²) in [6, 6.07) is 10.6. The van der Waals surface area contributed by atoms with E-state index in [0.29, 0.717) is 10.8 Å².